The highest BCUT2D eigenvalue weighted by Crippen LogP contribution is 2.21. The van der Waals surface area contributed by atoms with E-state index in [2.05, 4.69) is 14.4 Å². The molecule has 1 aromatic carbocycles. The summed E-state index contributed by atoms with van der Waals surface area (Å²) in [6.45, 7) is -1.49. The lowest BCUT2D eigenvalue weighted by atomic mass is 10.3. The molecule has 134 valence electrons. The fourth-order valence-corrected chi connectivity index (χ4v) is 2.72. The van der Waals surface area contributed by atoms with E-state index in [1.54, 1.807) is 0 Å². The number of nitrogens with zero attached hydrogens (tertiary/aromatic N) is 1. The Hall–Kier alpha value is -2.82. The molecule has 0 aliphatic heterocycles. The smallest absolute Gasteiger partial charge is 0.422 e. The zero-order valence-corrected chi connectivity index (χ0v) is 13.1. The SMILES string of the molecule is O=C(O)c1ccc(NS(=O)(=O)c2ccc(OCC(F)(F)F)cc2)cn1. The van der Waals surface area contributed by atoms with E-state index in [0.29, 0.717) is 0 Å². The van der Waals surface area contributed by atoms with Crippen molar-refractivity contribution in [3.05, 3.63) is 48.3 Å². The molecule has 0 spiro atoms. The van der Waals surface area contributed by atoms with Crippen LogP contribution in [-0.2, 0) is 10.0 Å². The summed E-state index contributed by atoms with van der Waals surface area (Å²) < 4.78 is 67.2. The third-order valence-corrected chi connectivity index (χ3v) is 4.17. The Bertz CT molecular complexity index is 850. The largest absolute Gasteiger partial charge is 0.484 e. The van der Waals surface area contributed by atoms with Crippen LogP contribution in [0.15, 0.2) is 47.5 Å². The van der Waals surface area contributed by atoms with Gasteiger partial charge in [0.2, 0.25) is 0 Å². The molecule has 1 heterocycles. The van der Waals surface area contributed by atoms with Crippen LogP contribution >= 0.6 is 0 Å². The fraction of sp³-hybridized carbons (Fsp3) is 0.143. The summed E-state index contributed by atoms with van der Waals surface area (Å²) in [5.41, 5.74) is -0.225. The Morgan fingerprint density at radius 1 is 1.16 bits per heavy atom. The van der Waals surface area contributed by atoms with Crippen LogP contribution in [0.1, 0.15) is 10.5 Å². The van der Waals surface area contributed by atoms with Gasteiger partial charge in [0, 0.05) is 0 Å². The van der Waals surface area contributed by atoms with E-state index in [-0.39, 0.29) is 22.0 Å². The van der Waals surface area contributed by atoms with Crippen molar-refractivity contribution in [2.45, 2.75) is 11.1 Å². The van der Waals surface area contributed by atoms with Crippen molar-refractivity contribution in [3.8, 4) is 5.75 Å². The van der Waals surface area contributed by atoms with Crippen molar-refractivity contribution in [2.75, 3.05) is 11.3 Å². The second-order valence-electron chi connectivity index (χ2n) is 4.72. The quantitative estimate of drug-likeness (QED) is 0.803. The zero-order chi connectivity index (χ0) is 18.7. The van der Waals surface area contributed by atoms with Crippen molar-refractivity contribution in [1.82, 2.24) is 4.98 Å². The number of carbonyl (C=O) groups is 1. The van der Waals surface area contributed by atoms with Gasteiger partial charge in [0.1, 0.15) is 11.4 Å². The van der Waals surface area contributed by atoms with Gasteiger partial charge in [-0.05, 0) is 36.4 Å². The van der Waals surface area contributed by atoms with Crippen LogP contribution in [0, 0.1) is 0 Å². The van der Waals surface area contributed by atoms with Crippen LogP contribution in [0.3, 0.4) is 0 Å². The van der Waals surface area contributed by atoms with Crippen LogP contribution in [0.2, 0.25) is 0 Å². The zero-order valence-electron chi connectivity index (χ0n) is 12.3. The molecule has 1 aromatic heterocycles. The number of carboxylic acids is 1. The van der Waals surface area contributed by atoms with E-state index in [0.717, 1.165) is 36.5 Å². The molecule has 0 bridgehead atoms. The Morgan fingerprint density at radius 3 is 2.28 bits per heavy atom. The second-order valence-corrected chi connectivity index (χ2v) is 6.40. The van der Waals surface area contributed by atoms with Crippen molar-refractivity contribution in [2.24, 2.45) is 0 Å². The Kier molecular flexibility index (Phi) is 5.16. The maximum atomic E-state index is 12.2. The van der Waals surface area contributed by atoms with Crippen molar-refractivity contribution in [1.29, 1.82) is 0 Å². The molecule has 0 saturated heterocycles. The minimum Gasteiger partial charge on any atom is -0.484 e. The number of hydrogen-bond acceptors (Lipinski definition) is 5. The first-order valence-electron chi connectivity index (χ1n) is 6.59. The molecule has 2 aromatic rings. The summed E-state index contributed by atoms with van der Waals surface area (Å²) in [6.07, 6.45) is -3.47. The second kappa shape index (κ2) is 6.97. The number of anilines is 1. The first kappa shape index (κ1) is 18.5. The lowest BCUT2D eigenvalue weighted by Crippen LogP contribution is -2.19. The van der Waals surface area contributed by atoms with Crippen LogP contribution in [-0.4, -0.2) is 37.3 Å². The number of halogens is 3. The first-order chi connectivity index (χ1) is 11.6. The third kappa shape index (κ3) is 5.35. The molecule has 2 N–H and O–H groups in total. The number of ether oxygens (including phenoxy) is 1. The van der Waals surface area contributed by atoms with Crippen LogP contribution < -0.4 is 9.46 Å². The van der Waals surface area contributed by atoms with E-state index in [9.17, 15) is 26.4 Å². The van der Waals surface area contributed by atoms with E-state index in [1.165, 1.54) is 6.07 Å². The van der Waals surface area contributed by atoms with Gasteiger partial charge in [0.15, 0.2) is 6.61 Å². The van der Waals surface area contributed by atoms with E-state index < -0.39 is 28.8 Å². The Balaban J connectivity index is 2.09. The molecule has 0 saturated carbocycles. The number of pyridine rings is 1. The standard InChI is InChI=1S/C14H11F3N2O5S/c15-14(16,17)8-24-10-2-4-11(5-3-10)25(22,23)19-9-1-6-12(13(20)21)18-7-9/h1-7,19H,8H2,(H,20,21). The summed E-state index contributed by atoms with van der Waals surface area (Å²) >= 11 is 0. The highest BCUT2D eigenvalue weighted by molar-refractivity contribution is 7.92. The molecule has 0 aliphatic rings. The molecule has 25 heavy (non-hydrogen) atoms. The highest BCUT2D eigenvalue weighted by atomic mass is 32.2. The topological polar surface area (TPSA) is 106 Å². The van der Waals surface area contributed by atoms with Gasteiger partial charge in [0.25, 0.3) is 10.0 Å². The predicted molar refractivity (Wildman–Crippen MR) is 80.0 cm³/mol. The predicted octanol–water partition coefficient (Wildman–Crippen LogP) is 2.52. The van der Waals surface area contributed by atoms with Gasteiger partial charge in [-0.15, -0.1) is 0 Å². The maximum Gasteiger partial charge on any atom is 0.422 e. The van der Waals surface area contributed by atoms with E-state index in [1.807, 2.05) is 0 Å². The molecular weight excluding hydrogens is 365 g/mol. The average Bonchev–Trinajstić information content (AvgIpc) is 2.53. The van der Waals surface area contributed by atoms with Gasteiger partial charge in [0.05, 0.1) is 16.8 Å². The number of rotatable bonds is 6. The van der Waals surface area contributed by atoms with Crippen LogP contribution in [0.4, 0.5) is 18.9 Å². The molecule has 0 unspecified atom stereocenters. The number of carboxylic acid groups (broad SMARTS) is 1. The molecular formula is C14H11F3N2O5S. The highest BCUT2D eigenvalue weighted by Gasteiger charge is 2.28. The molecule has 7 nitrogen and oxygen atoms in total. The molecule has 0 radical (unpaired) electrons. The van der Waals surface area contributed by atoms with Crippen LogP contribution in [0.25, 0.3) is 0 Å². The molecule has 0 aliphatic carbocycles. The monoisotopic (exact) mass is 376 g/mol. The Labute approximate surface area is 140 Å². The van der Waals surface area contributed by atoms with Gasteiger partial charge in [-0.3, -0.25) is 4.72 Å². The Morgan fingerprint density at radius 2 is 1.80 bits per heavy atom. The molecule has 0 atom stereocenters. The van der Waals surface area contributed by atoms with E-state index >= 15 is 0 Å². The van der Waals surface area contributed by atoms with Gasteiger partial charge in [-0.25, -0.2) is 18.2 Å². The van der Waals surface area contributed by atoms with E-state index in [4.69, 9.17) is 5.11 Å². The summed E-state index contributed by atoms with van der Waals surface area (Å²) in [5, 5.41) is 8.72. The number of benzene rings is 1. The number of sulfonamides is 1. The lowest BCUT2D eigenvalue weighted by molar-refractivity contribution is -0.153. The molecule has 0 amide bonds. The lowest BCUT2D eigenvalue weighted by Gasteiger charge is -2.11. The minimum absolute atomic E-state index is 0.0300. The van der Waals surface area contributed by atoms with Crippen molar-refractivity contribution >= 4 is 21.7 Å². The molecule has 2 rings (SSSR count). The van der Waals surface area contributed by atoms with Crippen molar-refractivity contribution in [3.63, 3.8) is 0 Å². The number of nitrogens with one attached hydrogen (secondary N) is 1. The number of aromatic carboxylic acids is 1. The molecule has 11 heteroatoms. The fourth-order valence-electron chi connectivity index (χ4n) is 1.68. The number of aromatic nitrogens is 1. The normalized spacial score (nSPS) is 11.8. The number of alkyl halides is 3. The summed E-state index contributed by atoms with van der Waals surface area (Å²) in [7, 11) is -4.02. The number of hydrogen-bond donors (Lipinski definition) is 2. The third-order valence-electron chi connectivity index (χ3n) is 2.77. The van der Waals surface area contributed by atoms with Crippen molar-refractivity contribution < 1.29 is 36.2 Å². The minimum atomic E-state index is -4.50. The first-order valence-corrected chi connectivity index (χ1v) is 8.07. The van der Waals surface area contributed by atoms with Gasteiger partial charge in [-0.2, -0.15) is 13.2 Å². The summed E-state index contributed by atoms with van der Waals surface area (Å²) in [6, 6.07) is 6.67. The molecule has 0 fully saturated rings. The summed E-state index contributed by atoms with van der Waals surface area (Å²) in [5.74, 6) is -1.40. The van der Waals surface area contributed by atoms with Gasteiger partial charge >= 0.3 is 12.1 Å². The van der Waals surface area contributed by atoms with Crippen LogP contribution in [0.5, 0.6) is 5.75 Å². The summed E-state index contributed by atoms with van der Waals surface area (Å²) in [4.78, 5) is 14.0. The maximum absolute atomic E-state index is 12.2. The average molecular weight is 376 g/mol. The van der Waals surface area contributed by atoms with Gasteiger partial charge < -0.3 is 9.84 Å². The van der Waals surface area contributed by atoms with Gasteiger partial charge in [-0.1, -0.05) is 0 Å².